The number of hydrogen-bond donors (Lipinski definition) is 1. The molecule has 1 fully saturated rings. The van der Waals surface area contributed by atoms with Gasteiger partial charge >= 0.3 is 0 Å². The fourth-order valence-electron chi connectivity index (χ4n) is 2.33. The summed E-state index contributed by atoms with van der Waals surface area (Å²) in [5, 5.41) is 3.36. The van der Waals surface area contributed by atoms with Crippen LogP contribution < -0.4 is 15.0 Å². The average molecular weight is 306 g/mol. The molecule has 4 nitrogen and oxygen atoms in total. The smallest absolute Gasteiger partial charge is 0.119 e. The Hall–Kier alpha value is -1.78. The predicted molar refractivity (Wildman–Crippen MR) is 87.3 cm³/mol. The van der Waals surface area contributed by atoms with Gasteiger partial charge in [0.05, 0.1) is 0 Å². The molecule has 0 radical (unpaired) electrons. The molecule has 3 rings (SSSR count). The van der Waals surface area contributed by atoms with Crippen LogP contribution in [0.4, 0.5) is 5.69 Å². The number of halogens is 1. The zero-order chi connectivity index (χ0) is 13.6. The van der Waals surface area contributed by atoms with E-state index in [0.717, 1.165) is 37.5 Å². The molecule has 0 aliphatic carbocycles. The monoisotopic (exact) mass is 305 g/mol. The van der Waals surface area contributed by atoms with Crippen molar-refractivity contribution in [1.29, 1.82) is 0 Å². The predicted octanol–water partition coefficient (Wildman–Crippen LogP) is 2.49. The number of piperazine rings is 1. The van der Waals surface area contributed by atoms with Gasteiger partial charge in [-0.05, 0) is 30.3 Å². The van der Waals surface area contributed by atoms with Crippen LogP contribution in [-0.2, 0) is 6.61 Å². The Morgan fingerprint density at radius 3 is 2.52 bits per heavy atom. The standard InChI is InChI=1S/C16H19N3O.ClH/c1-2-14(12-18-7-1)13-20-16-5-3-15(4-6-16)19-10-8-17-9-11-19;/h1-7,12,17H,8-11,13H2;1H. The second kappa shape index (κ2) is 7.86. The first-order valence-electron chi connectivity index (χ1n) is 6.99. The number of hydrogen-bond acceptors (Lipinski definition) is 4. The maximum absolute atomic E-state index is 5.76. The fourth-order valence-corrected chi connectivity index (χ4v) is 2.33. The number of anilines is 1. The van der Waals surface area contributed by atoms with Gasteiger partial charge in [-0.3, -0.25) is 4.98 Å². The van der Waals surface area contributed by atoms with Gasteiger partial charge in [-0.1, -0.05) is 6.07 Å². The number of pyridine rings is 1. The van der Waals surface area contributed by atoms with Crippen LogP contribution in [0.2, 0.25) is 0 Å². The minimum absolute atomic E-state index is 0. The van der Waals surface area contributed by atoms with Gasteiger partial charge in [-0.25, -0.2) is 0 Å². The molecule has 1 aliphatic rings. The highest BCUT2D eigenvalue weighted by molar-refractivity contribution is 5.85. The van der Waals surface area contributed by atoms with E-state index in [9.17, 15) is 0 Å². The van der Waals surface area contributed by atoms with Gasteiger partial charge in [-0.15, -0.1) is 12.4 Å². The summed E-state index contributed by atoms with van der Waals surface area (Å²) in [4.78, 5) is 6.47. The summed E-state index contributed by atoms with van der Waals surface area (Å²) in [6.07, 6.45) is 3.60. The second-order valence-corrected chi connectivity index (χ2v) is 4.88. The van der Waals surface area contributed by atoms with Crippen LogP contribution in [0.15, 0.2) is 48.8 Å². The Morgan fingerprint density at radius 1 is 1.10 bits per heavy atom. The molecule has 0 amide bonds. The Morgan fingerprint density at radius 2 is 1.86 bits per heavy atom. The highest BCUT2D eigenvalue weighted by Gasteiger charge is 2.09. The van der Waals surface area contributed by atoms with Crippen LogP contribution in [0.3, 0.4) is 0 Å². The number of rotatable bonds is 4. The van der Waals surface area contributed by atoms with E-state index in [1.807, 2.05) is 30.5 Å². The Kier molecular flexibility index (Phi) is 5.84. The summed E-state index contributed by atoms with van der Waals surface area (Å²) in [6, 6.07) is 12.3. The number of nitrogens with one attached hydrogen (secondary N) is 1. The van der Waals surface area contributed by atoms with E-state index in [2.05, 4.69) is 27.3 Å². The molecule has 112 valence electrons. The highest BCUT2D eigenvalue weighted by atomic mass is 35.5. The third-order valence-corrected chi connectivity index (χ3v) is 3.45. The van der Waals surface area contributed by atoms with E-state index in [1.165, 1.54) is 5.69 Å². The summed E-state index contributed by atoms with van der Waals surface area (Å²) in [5.41, 5.74) is 2.35. The van der Waals surface area contributed by atoms with Crippen molar-refractivity contribution in [2.24, 2.45) is 0 Å². The molecule has 0 bridgehead atoms. The summed E-state index contributed by atoms with van der Waals surface area (Å²) >= 11 is 0. The molecule has 1 aromatic carbocycles. The lowest BCUT2D eigenvalue weighted by Crippen LogP contribution is -2.43. The Balaban J connectivity index is 0.00000161. The molecule has 0 spiro atoms. The molecule has 0 atom stereocenters. The second-order valence-electron chi connectivity index (χ2n) is 4.88. The van der Waals surface area contributed by atoms with E-state index in [4.69, 9.17) is 4.74 Å². The Bertz CT molecular complexity index is 527. The molecule has 5 heteroatoms. The van der Waals surface area contributed by atoms with E-state index >= 15 is 0 Å². The summed E-state index contributed by atoms with van der Waals surface area (Å²) < 4.78 is 5.76. The normalized spacial score (nSPS) is 14.4. The highest BCUT2D eigenvalue weighted by Crippen LogP contribution is 2.20. The van der Waals surface area contributed by atoms with Crippen molar-refractivity contribution in [1.82, 2.24) is 10.3 Å². The SMILES string of the molecule is Cl.c1cncc(COc2ccc(N3CCNCC3)cc2)c1. The number of aromatic nitrogens is 1. The zero-order valence-corrected chi connectivity index (χ0v) is 12.7. The van der Waals surface area contributed by atoms with Crippen LogP contribution in [0.5, 0.6) is 5.75 Å². The molecular weight excluding hydrogens is 286 g/mol. The summed E-state index contributed by atoms with van der Waals surface area (Å²) in [5.74, 6) is 0.896. The molecule has 2 heterocycles. The molecule has 0 unspecified atom stereocenters. The van der Waals surface area contributed by atoms with E-state index in [-0.39, 0.29) is 12.4 Å². The summed E-state index contributed by atoms with van der Waals surface area (Å²) in [7, 11) is 0. The first kappa shape index (κ1) is 15.6. The number of ether oxygens (including phenoxy) is 1. The van der Waals surface area contributed by atoms with Crippen molar-refractivity contribution < 1.29 is 4.74 Å². The molecule has 1 aromatic heterocycles. The van der Waals surface area contributed by atoms with Gasteiger partial charge in [0.1, 0.15) is 12.4 Å². The van der Waals surface area contributed by atoms with Crippen LogP contribution in [-0.4, -0.2) is 31.2 Å². The van der Waals surface area contributed by atoms with Crippen LogP contribution in [0.25, 0.3) is 0 Å². The lowest BCUT2D eigenvalue weighted by atomic mass is 10.2. The van der Waals surface area contributed by atoms with Gasteiger partial charge in [0.15, 0.2) is 0 Å². The van der Waals surface area contributed by atoms with E-state index in [0.29, 0.717) is 6.61 Å². The van der Waals surface area contributed by atoms with E-state index < -0.39 is 0 Å². The molecule has 0 saturated carbocycles. The molecule has 21 heavy (non-hydrogen) atoms. The first-order valence-corrected chi connectivity index (χ1v) is 6.99. The average Bonchev–Trinajstić information content (AvgIpc) is 2.55. The van der Waals surface area contributed by atoms with Crippen molar-refractivity contribution in [2.45, 2.75) is 6.61 Å². The van der Waals surface area contributed by atoms with Crippen molar-refractivity contribution >= 4 is 18.1 Å². The number of nitrogens with zero attached hydrogens (tertiary/aromatic N) is 2. The number of benzene rings is 1. The van der Waals surface area contributed by atoms with Gasteiger partial charge < -0.3 is 15.0 Å². The maximum atomic E-state index is 5.76. The molecule has 1 N–H and O–H groups in total. The lowest BCUT2D eigenvalue weighted by Gasteiger charge is -2.29. The van der Waals surface area contributed by atoms with Crippen LogP contribution in [0, 0.1) is 0 Å². The van der Waals surface area contributed by atoms with Gasteiger partial charge in [0.25, 0.3) is 0 Å². The molecule has 1 saturated heterocycles. The van der Waals surface area contributed by atoms with Gasteiger partial charge in [0.2, 0.25) is 0 Å². The molecule has 2 aromatic rings. The first-order chi connectivity index (χ1) is 9.92. The minimum Gasteiger partial charge on any atom is -0.489 e. The van der Waals surface area contributed by atoms with Crippen LogP contribution >= 0.6 is 12.4 Å². The Labute approximate surface area is 131 Å². The van der Waals surface area contributed by atoms with Gasteiger partial charge in [-0.2, -0.15) is 0 Å². The largest absolute Gasteiger partial charge is 0.489 e. The third kappa shape index (κ3) is 4.34. The van der Waals surface area contributed by atoms with Crippen molar-refractivity contribution in [2.75, 3.05) is 31.1 Å². The maximum Gasteiger partial charge on any atom is 0.119 e. The topological polar surface area (TPSA) is 37.4 Å². The van der Waals surface area contributed by atoms with Crippen LogP contribution in [0.1, 0.15) is 5.56 Å². The lowest BCUT2D eigenvalue weighted by molar-refractivity contribution is 0.306. The minimum atomic E-state index is 0. The third-order valence-electron chi connectivity index (χ3n) is 3.45. The fraction of sp³-hybridized carbons (Fsp3) is 0.312. The van der Waals surface area contributed by atoms with E-state index in [1.54, 1.807) is 6.20 Å². The summed E-state index contributed by atoms with van der Waals surface area (Å²) in [6.45, 7) is 4.80. The van der Waals surface area contributed by atoms with Crippen molar-refractivity contribution in [3.05, 3.63) is 54.4 Å². The quantitative estimate of drug-likeness (QED) is 0.942. The van der Waals surface area contributed by atoms with Gasteiger partial charge in [0, 0.05) is 49.8 Å². The zero-order valence-electron chi connectivity index (χ0n) is 11.9. The van der Waals surface area contributed by atoms with Crippen molar-refractivity contribution in [3.63, 3.8) is 0 Å². The molecule has 1 aliphatic heterocycles. The van der Waals surface area contributed by atoms with Crippen molar-refractivity contribution in [3.8, 4) is 5.75 Å². The molecular formula is C16H20ClN3O.